The third kappa shape index (κ3) is 6.42. The van der Waals surface area contributed by atoms with Gasteiger partial charge in [-0.2, -0.15) is 0 Å². The molecule has 1 aliphatic carbocycles. The number of nitrogens with two attached hydrogens (primary N) is 1. The SMILES string of the molecule is CN.Cc1ccccn1.O=CCN(C(=O)c1cccnc1)C1CCc2c(F)cc(Cl)cc21. The molecule has 1 aromatic carbocycles. The molecule has 0 saturated heterocycles. The first-order valence-corrected chi connectivity index (χ1v) is 10.5. The monoisotopic (exact) mass is 456 g/mol. The quantitative estimate of drug-likeness (QED) is 0.595. The van der Waals surface area contributed by atoms with Crippen molar-refractivity contribution in [2.24, 2.45) is 5.73 Å². The maximum absolute atomic E-state index is 14.0. The van der Waals surface area contributed by atoms with Gasteiger partial charge in [0.05, 0.1) is 18.2 Å². The number of aldehydes is 1. The molecule has 0 radical (unpaired) electrons. The van der Waals surface area contributed by atoms with Crippen LogP contribution < -0.4 is 5.73 Å². The molecule has 2 N–H and O–H groups in total. The third-order valence-electron chi connectivity index (χ3n) is 4.85. The number of hydrogen-bond donors (Lipinski definition) is 1. The molecule has 4 rings (SSSR count). The fraction of sp³-hybridized carbons (Fsp3) is 0.250. The highest BCUT2D eigenvalue weighted by atomic mass is 35.5. The Morgan fingerprint density at radius 3 is 2.59 bits per heavy atom. The summed E-state index contributed by atoms with van der Waals surface area (Å²) < 4.78 is 14.0. The lowest BCUT2D eigenvalue weighted by molar-refractivity contribution is -0.108. The Balaban J connectivity index is 0.000000340. The van der Waals surface area contributed by atoms with E-state index >= 15 is 0 Å². The van der Waals surface area contributed by atoms with Crippen molar-refractivity contribution in [3.63, 3.8) is 0 Å². The van der Waals surface area contributed by atoms with Gasteiger partial charge in [-0.15, -0.1) is 0 Å². The van der Waals surface area contributed by atoms with Crippen molar-refractivity contribution >= 4 is 23.8 Å². The molecule has 0 fully saturated rings. The lowest BCUT2D eigenvalue weighted by Crippen LogP contribution is -2.35. The first-order chi connectivity index (χ1) is 15.5. The second kappa shape index (κ2) is 12.6. The van der Waals surface area contributed by atoms with E-state index in [0.29, 0.717) is 35.8 Å². The molecule has 8 heteroatoms. The Labute approximate surface area is 192 Å². The van der Waals surface area contributed by atoms with Crippen LogP contribution in [0.1, 0.15) is 39.6 Å². The summed E-state index contributed by atoms with van der Waals surface area (Å²) in [4.78, 5) is 33.1. The van der Waals surface area contributed by atoms with E-state index in [1.165, 1.54) is 24.2 Å². The lowest BCUT2D eigenvalue weighted by Gasteiger charge is -2.28. The summed E-state index contributed by atoms with van der Waals surface area (Å²) in [5.41, 5.74) is 7.20. The van der Waals surface area contributed by atoms with E-state index in [2.05, 4.69) is 15.7 Å². The Morgan fingerprint density at radius 2 is 2.03 bits per heavy atom. The lowest BCUT2D eigenvalue weighted by atomic mass is 10.1. The zero-order valence-corrected chi connectivity index (χ0v) is 18.8. The van der Waals surface area contributed by atoms with Crippen LogP contribution in [0.2, 0.25) is 5.02 Å². The Morgan fingerprint density at radius 1 is 1.25 bits per heavy atom. The number of amides is 1. The first-order valence-electron chi connectivity index (χ1n) is 10.1. The molecule has 0 saturated carbocycles. The van der Waals surface area contributed by atoms with Gasteiger partial charge in [-0.05, 0) is 74.3 Å². The fourth-order valence-electron chi connectivity index (χ4n) is 3.48. The van der Waals surface area contributed by atoms with Crippen LogP contribution >= 0.6 is 11.6 Å². The molecule has 6 nitrogen and oxygen atoms in total. The van der Waals surface area contributed by atoms with E-state index < -0.39 is 0 Å². The number of fused-ring (bicyclic) bond motifs is 1. The molecule has 0 bridgehead atoms. The largest absolute Gasteiger partial charge is 0.333 e. The second-order valence-corrected chi connectivity index (χ2v) is 7.28. The third-order valence-corrected chi connectivity index (χ3v) is 5.07. The molecule has 168 valence electrons. The molecule has 1 atom stereocenters. The summed E-state index contributed by atoms with van der Waals surface area (Å²) in [7, 11) is 1.50. The van der Waals surface area contributed by atoms with Crippen LogP contribution in [-0.2, 0) is 11.2 Å². The summed E-state index contributed by atoms with van der Waals surface area (Å²) in [6, 6.07) is 11.7. The maximum Gasteiger partial charge on any atom is 0.256 e. The molecule has 1 unspecified atom stereocenters. The molecule has 0 aliphatic heterocycles. The van der Waals surface area contributed by atoms with Gasteiger partial charge in [0.2, 0.25) is 0 Å². The van der Waals surface area contributed by atoms with Crippen molar-refractivity contribution in [1.29, 1.82) is 0 Å². The van der Waals surface area contributed by atoms with Crippen LogP contribution in [0.15, 0.2) is 61.1 Å². The summed E-state index contributed by atoms with van der Waals surface area (Å²) in [6.45, 7) is 1.91. The topological polar surface area (TPSA) is 89.2 Å². The highest BCUT2D eigenvalue weighted by molar-refractivity contribution is 6.30. The molecule has 3 aromatic rings. The van der Waals surface area contributed by atoms with Crippen molar-refractivity contribution in [3.8, 4) is 0 Å². The van der Waals surface area contributed by atoms with E-state index in [-0.39, 0.29) is 29.3 Å². The van der Waals surface area contributed by atoms with Crippen molar-refractivity contribution in [1.82, 2.24) is 14.9 Å². The van der Waals surface area contributed by atoms with Crippen molar-refractivity contribution in [2.75, 3.05) is 13.6 Å². The summed E-state index contributed by atoms with van der Waals surface area (Å²) in [5.74, 6) is -0.668. The minimum absolute atomic E-state index is 0.0635. The van der Waals surface area contributed by atoms with Crippen molar-refractivity contribution in [2.45, 2.75) is 25.8 Å². The van der Waals surface area contributed by atoms with Crippen LogP contribution in [0.4, 0.5) is 4.39 Å². The maximum atomic E-state index is 14.0. The van der Waals surface area contributed by atoms with E-state index in [0.717, 1.165) is 5.69 Å². The molecular formula is C24H26ClFN4O2. The molecule has 32 heavy (non-hydrogen) atoms. The standard InChI is InChI=1S/C17H14ClFN2O2.C6H7N.CH5N/c18-12-8-14-13(15(19)9-12)3-4-16(14)21(6-7-22)17(23)11-2-1-5-20-10-11;1-6-4-2-3-5-7-6;1-2/h1-2,5,7-10,16H,3-4,6H2;2-5H,1H3;2H2,1H3. The summed E-state index contributed by atoms with van der Waals surface area (Å²) in [5, 5.41) is 0.285. The number of hydrogen-bond acceptors (Lipinski definition) is 5. The number of benzene rings is 1. The summed E-state index contributed by atoms with van der Waals surface area (Å²) >= 11 is 5.95. The number of nitrogens with zero attached hydrogens (tertiary/aromatic N) is 3. The Hall–Kier alpha value is -3.16. The van der Waals surface area contributed by atoms with Crippen LogP contribution in [0.25, 0.3) is 0 Å². The highest BCUT2D eigenvalue weighted by Gasteiger charge is 2.33. The summed E-state index contributed by atoms with van der Waals surface area (Å²) in [6.07, 6.45) is 6.56. The highest BCUT2D eigenvalue weighted by Crippen LogP contribution is 2.39. The van der Waals surface area contributed by atoms with Crippen LogP contribution in [0, 0.1) is 12.7 Å². The number of aryl methyl sites for hydroxylation is 1. The average molecular weight is 457 g/mol. The molecule has 2 heterocycles. The van der Waals surface area contributed by atoms with Gasteiger partial charge in [0.1, 0.15) is 12.1 Å². The number of rotatable bonds is 4. The van der Waals surface area contributed by atoms with Gasteiger partial charge in [-0.1, -0.05) is 17.7 Å². The van der Waals surface area contributed by atoms with Crippen LogP contribution in [0.3, 0.4) is 0 Å². The van der Waals surface area contributed by atoms with Gasteiger partial charge < -0.3 is 15.4 Å². The number of pyridine rings is 2. The van der Waals surface area contributed by atoms with Gasteiger partial charge in [-0.25, -0.2) is 4.39 Å². The number of carbonyl (C=O) groups is 2. The zero-order valence-electron chi connectivity index (χ0n) is 18.0. The molecule has 2 aromatic heterocycles. The van der Waals surface area contributed by atoms with Gasteiger partial charge in [0.25, 0.3) is 5.91 Å². The van der Waals surface area contributed by atoms with E-state index in [4.69, 9.17) is 11.6 Å². The Kier molecular flexibility index (Phi) is 9.91. The number of carbonyl (C=O) groups excluding carboxylic acids is 2. The van der Waals surface area contributed by atoms with E-state index in [1.54, 1.807) is 30.6 Å². The number of aromatic nitrogens is 2. The van der Waals surface area contributed by atoms with Gasteiger partial charge in [0.15, 0.2) is 0 Å². The molecule has 1 aliphatic rings. The van der Waals surface area contributed by atoms with Crippen molar-refractivity contribution in [3.05, 3.63) is 94.3 Å². The minimum Gasteiger partial charge on any atom is -0.333 e. The Bertz CT molecular complexity index is 1020. The number of halogens is 2. The van der Waals surface area contributed by atoms with Gasteiger partial charge >= 0.3 is 0 Å². The van der Waals surface area contributed by atoms with Crippen LogP contribution in [0.5, 0.6) is 0 Å². The smallest absolute Gasteiger partial charge is 0.256 e. The minimum atomic E-state index is -0.366. The normalized spacial score (nSPS) is 13.6. The molecule has 1 amide bonds. The van der Waals surface area contributed by atoms with Crippen LogP contribution in [-0.4, -0.2) is 40.7 Å². The van der Waals surface area contributed by atoms with Crippen molar-refractivity contribution < 1.29 is 14.0 Å². The first kappa shape index (κ1) is 25.1. The predicted octanol–water partition coefficient (Wildman–Crippen LogP) is 4.17. The average Bonchev–Trinajstić information content (AvgIpc) is 3.24. The van der Waals surface area contributed by atoms with E-state index in [1.807, 2.05) is 25.1 Å². The predicted molar refractivity (Wildman–Crippen MR) is 123 cm³/mol. The van der Waals surface area contributed by atoms with Gasteiger partial charge in [0, 0.05) is 29.3 Å². The van der Waals surface area contributed by atoms with E-state index in [9.17, 15) is 14.0 Å². The fourth-order valence-corrected chi connectivity index (χ4v) is 3.69. The molecular weight excluding hydrogens is 431 g/mol. The zero-order chi connectivity index (χ0) is 23.5. The van der Waals surface area contributed by atoms with Gasteiger partial charge in [-0.3, -0.25) is 14.8 Å². The second-order valence-electron chi connectivity index (χ2n) is 6.85. The molecule has 0 spiro atoms.